The minimum Gasteiger partial charge on any atom is -0.497 e. The maximum absolute atomic E-state index is 6.36. The number of piperidine rings is 2. The summed E-state index contributed by atoms with van der Waals surface area (Å²) in [6.07, 6.45) is 6.12. The van der Waals surface area contributed by atoms with Crippen molar-refractivity contribution in [2.75, 3.05) is 39.0 Å². The summed E-state index contributed by atoms with van der Waals surface area (Å²) in [6.45, 7) is 4.42. The Labute approximate surface area is 216 Å². The third-order valence-electron chi connectivity index (χ3n) is 7.61. The van der Waals surface area contributed by atoms with Crippen LogP contribution < -0.4 is 20.5 Å². The molecule has 4 aromatic rings. The number of ether oxygens (including phenoxy) is 2. The van der Waals surface area contributed by atoms with Crippen molar-refractivity contribution in [3.8, 4) is 28.5 Å². The van der Waals surface area contributed by atoms with E-state index in [-0.39, 0.29) is 0 Å². The van der Waals surface area contributed by atoms with Gasteiger partial charge in [0, 0.05) is 24.7 Å². The summed E-state index contributed by atoms with van der Waals surface area (Å²) >= 11 is 0. The lowest BCUT2D eigenvalue weighted by molar-refractivity contribution is 0.111. The van der Waals surface area contributed by atoms with E-state index in [9.17, 15) is 0 Å². The van der Waals surface area contributed by atoms with Gasteiger partial charge in [-0.3, -0.25) is 0 Å². The van der Waals surface area contributed by atoms with Crippen molar-refractivity contribution in [3.63, 3.8) is 0 Å². The number of anilines is 1. The lowest BCUT2D eigenvalue weighted by Crippen LogP contribution is -2.46. The topological polar surface area (TPSA) is 103 Å². The van der Waals surface area contributed by atoms with Crippen LogP contribution in [0.3, 0.4) is 0 Å². The molecule has 2 aliphatic heterocycles. The highest BCUT2D eigenvalue weighted by Crippen LogP contribution is 2.35. The number of fused-ring (bicyclic) bond motifs is 1. The van der Waals surface area contributed by atoms with Crippen molar-refractivity contribution < 1.29 is 9.47 Å². The van der Waals surface area contributed by atoms with Gasteiger partial charge in [-0.05, 0) is 87.3 Å². The van der Waals surface area contributed by atoms with Gasteiger partial charge >= 0.3 is 0 Å². The van der Waals surface area contributed by atoms with Crippen LogP contribution in [-0.4, -0.2) is 64.0 Å². The van der Waals surface area contributed by atoms with E-state index in [4.69, 9.17) is 20.3 Å². The normalized spacial score (nSPS) is 17.8. The van der Waals surface area contributed by atoms with Crippen LogP contribution in [0.2, 0.25) is 0 Å². The Kier molecular flexibility index (Phi) is 6.63. The molecule has 4 heterocycles. The second kappa shape index (κ2) is 10.4. The molecule has 0 aliphatic carbocycles. The number of methoxy groups -OCH3 is 1. The zero-order chi connectivity index (χ0) is 25.2. The molecule has 0 bridgehead atoms. The quantitative estimate of drug-likeness (QED) is 0.406. The van der Waals surface area contributed by atoms with Crippen molar-refractivity contribution in [1.29, 1.82) is 0 Å². The number of nitrogens with one attached hydrogen (secondary N) is 1. The predicted molar refractivity (Wildman–Crippen MR) is 144 cm³/mol. The minimum absolute atomic E-state index is 0.293. The Morgan fingerprint density at radius 1 is 0.838 bits per heavy atom. The van der Waals surface area contributed by atoms with Gasteiger partial charge in [0.05, 0.1) is 18.5 Å². The van der Waals surface area contributed by atoms with Crippen LogP contribution in [0, 0.1) is 0 Å². The summed E-state index contributed by atoms with van der Waals surface area (Å²) in [5.41, 5.74) is 8.93. The highest BCUT2D eigenvalue weighted by Gasteiger charge is 2.29. The molecule has 0 amide bonds. The first-order chi connectivity index (χ1) is 18.2. The molecule has 192 valence electrons. The lowest BCUT2D eigenvalue weighted by Gasteiger charge is -2.39. The van der Waals surface area contributed by atoms with Crippen LogP contribution in [-0.2, 0) is 0 Å². The molecule has 9 heteroatoms. The largest absolute Gasteiger partial charge is 0.497 e. The van der Waals surface area contributed by atoms with Crippen molar-refractivity contribution in [1.82, 2.24) is 30.0 Å². The predicted octanol–water partition coefficient (Wildman–Crippen LogP) is 4.27. The Bertz CT molecular complexity index is 1340. The van der Waals surface area contributed by atoms with Crippen LogP contribution in [0.5, 0.6) is 17.2 Å². The molecular weight excluding hydrogens is 466 g/mol. The van der Waals surface area contributed by atoms with E-state index in [2.05, 4.69) is 24.9 Å². The number of hydrogen-bond acceptors (Lipinski definition) is 8. The van der Waals surface area contributed by atoms with E-state index in [0.717, 1.165) is 78.6 Å². The maximum Gasteiger partial charge on any atom is 0.164 e. The van der Waals surface area contributed by atoms with Gasteiger partial charge in [0.25, 0.3) is 0 Å². The molecule has 3 N–H and O–H groups in total. The molecule has 2 aromatic carbocycles. The average Bonchev–Trinajstić information content (AvgIpc) is 3.35. The SMILES string of the molecule is COc1ccc(Oc2ccc(-c3nn(C4CCN(C5CCNCC5)CC4)c4ncnc(N)c34)cc2)cc1. The Morgan fingerprint density at radius 3 is 2.16 bits per heavy atom. The molecule has 2 fully saturated rings. The number of nitrogens with zero attached hydrogens (tertiary/aromatic N) is 5. The van der Waals surface area contributed by atoms with Gasteiger partial charge in [0.2, 0.25) is 0 Å². The third-order valence-corrected chi connectivity index (χ3v) is 7.61. The number of likely N-dealkylation sites (tertiary alicyclic amines) is 1. The van der Waals surface area contributed by atoms with E-state index in [0.29, 0.717) is 17.9 Å². The third kappa shape index (κ3) is 4.84. The summed E-state index contributed by atoms with van der Waals surface area (Å²) in [4.78, 5) is 11.6. The van der Waals surface area contributed by atoms with Gasteiger partial charge in [0.1, 0.15) is 35.1 Å². The Balaban J connectivity index is 1.23. The Morgan fingerprint density at radius 2 is 1.49 bits per heavy atom. The van der Waals surface area contributed by atoms with Crippen LogP contribution in [0.15, 0.2) is 54.9 Å². The number of nitrogen functional groups attached to an aromatic ring is 1. The molecule has 0 atom stereocenters. The molecule has 9 nitrogen and oxygen atoms in total. The Hall–Kier alpha value is -3.69. The molecule has 0 saturated carbocycles. The number of benzene rings is 2. The van der Waals surface area contributed by atoms with E-state index < -0.39 is 0 Å². The summed E-state index contributed by atoms with van der Waals surface area (Å²) < 4.78 is 13.3. The van der Waals surface area contributed by atoms with Crippen molar-refractivity contribution >= 4 is 16.9 Å². The number of hydrogen-bond donors (Lipinski definition) is 2. The number of aromatic nitrogens is 4. The van der Waals surface area contributed by atoms with Crippen LogP contribution in [0.25, 0.3) is 22.3 Å². The second-order valence-electron chi connectivity index (χ2n) is 9.80. The molecule has 37 heavy (non-hydrogen) atoms. The smallest absolute Gasteiger partial charge is 0.164 e. The first-order valence-corrected chi connectivity index (χ1v) is 13.1. The summed E-state index contributed by atoms with van der Waals surface area (Å²) in [6, 6.07) is 16.4. The molecule has 0 radical (unpaired) electrons. The van der Waals surface area contributed by atoms with Gasteiger partial charge in [-0.15, -0.1) is 0 Å². The van der Waals surface area contributed by atoms with Crippen LogP contribution in [0.1, 0.15) is 31.7 Å². The fourth-order valence-electron chi connectivity index (χ4n) is 5.58. The number of nitrogens with two attached hydrogens (primary N) is 1. The van der Waals surface area contributed by atoms with E-state index >= 15 is 0 Å². The maximum atomic E-state index is 6.36. The molecule has 0 unspecified atom stereocenters. The molecule has 6 rings (SSSR count). The monoisotopic (exact) mass is 499 g/mol. The zero-order valence-corrected chi connectivity index (χ0v) is 21.1. The highest BCUT2D eigenvalue weighted by atomic mass is 16.5. The van der Waals surface area contributed by atoms with E-state index in [1.807, 2.05) is 48.5 Å². The van der Waals surface area contributed by atoms with Gasteiger partial charge < -0.3 is 25.4 Å². The fourth-order valence-corrected chi connectivity index (χ4v) is 5.58. The average molecular weight is 500 g/mol. The van der Waals surface area contributed by atoms with Crippen molar-refractivity contribution in [2.24, 2.45) is 0 Å². The standard InChI is InChI=1S/C28H33N7O2/c1-36-22-6-8-24(9-7-22)37-23-4-2-19(3-5-23)26-25-27(29)31-18-32-28(25)35(33-26)21-12-16-34(17-13-21)20-10-14-30-15-11-20/h2-9,18,20-21,30H,10-17H2,1H3,(H2,29,31,32). The van der Waals surface area contributed by atoms with E-state index in [1.54, 1.807) is 7.11 Å². The first kappa shape index (κ1) is 23.7. The van der Waals surface area contributed by atoms with Crippen LogP contribution in [0.4, 0.5) is 5.82 Å². The van der Waals surface area contributed by atoms with E-state index in [1.165, 1.54) is 19.2 Å². The van der Waals surface area contributed by atoms with Crippen molar-refractivity contribution in [2.45, 2.75) is 37.8 Å². The lowest BCUT2D eigenvalue weighted by atomic mass is 9.99. The number of rotatable bonds is 6. The molecular formula is C28H33N7O2. The summed E-state index contributed by atoms with van der Waals surface area (Å²) in [5.74, 6) is 2.74. The van der Waals surface area contributed by atoms with Crippen molar-refractivity contribution in [3.05, 3.63) is 54.9 Å². The van der Waals surface area contributed by atoms with Gasteiger partial charge in [-0.25, -0.2) is 14.6 Å². The molecule has 2 saturated heterocycles. The molecule has 0 spiro atoms. The fraction of sp³-hybridized carbons (Fsp3) is 0.393. The van der Waals surface area contributed by atoms with Gasteiger partial charge in [-0.1, -0.05) is 0 Å². The second-order valence-corrected chi connectivity index (χ2v) is 9.80. The van der Waals surface area contributed by atoms with Crippen LogP contribution >= 0.6 is 0 Å². The highest BCUT2D eigenvalue weighted by molar-refractivity contribution is 5.98. The summed E-state index contributed by atoms with van der Waals surface area (Å²) in [7, 11) is 1.65. The molecule has 2 aliphatic rings. The molecule has 2 aromatic heterocycles. The first-order valence-electron chi connectivity index (χ1n) is 13.1. The zero-order valence-electron chi connectivity index (χ0n) is 21.1. The minimum atomic E-state index is 0.293. The van der Waals surface area contributed by atoms with Gasteiger partial charge in [0.15, 0.2) is 5.65 Å². The van der Waals surface area contributed by atoms with Gasteiger partial charge in [-0.2, -0.15) is 5.10 Å². The summed E-state index contributed by atoms with van der Waals surface area (Å²) in [5, 5.41) is 9.35.